The van der Waals surface area contributed by atoms with E-state index in [1.165, 1.54) is 0 Å². The van der Waals surface area contributed by atoms with Gasteiger partial charge in [0, 0.05) is 37.8 Å². The van der Waals surface area contributed by atoms with Gasteiger partial charge >= 0.3 is 0 Å². The molecule has 4 aromatic rings. The molecular formula is C23H23N5O3. The maximum Gasteiger partial charge on any atom is 0.247 e. The number of benzene rings is 2. The van der Waals surface area contributed by atoms with Gasteiger partial charge in [-0.2, -0.15) is 0 Å². The van der Waals surface area contributed by atoms with Crippen LogP contribution >= 0.6 is 0 Å². The van der Waals surface area contributed by atoms with Gasteiger partial charge in [0.05, 0.1) is 7.11 Å². The lowest BCUT2D eigenvalue weighted by Gasteiger charge is -2.19. The molecule has 2 aromatic carbocycles. The summed E-state index contributed by atoms with van der Waals surface area (Å²) in [5, 5.41) is 11.2. The Morgan fingerprint density at radius 1 is 1.16 bits per heavy atom. The molecule has 2 heterocycles. The Bertz CT molecular complexity index is 1150. The number of aromatic nitrogens is 4. The SMILES string of the molecule is COc1cccc([C@H](NC(=O)CCc2nnc(-c3ccccc3)o2)c2nccn2C)c1. The average Bonchev–Trinajstić information content (AvgIpc) is 3.46. The van der Waals surface area contributed by atoms with Crippen molar-refractivity contribution in [2.75, 3.05) is 7.11 Å². The van der Waals surface area contributed by atoms with Crippen molar-refractivity contribution in [3.05, 3.63) is 84.3 Å². The van der Waals surface area contributed by atoms with Crippen LogP contribution in [0.25, 0.3) is 11.5 Å². The van der Waals surface area contributed by atoms with Gasteiger partial charge in [0.2, 0.25) is 17.7 Å². The highest BCUT2D eigenvalue weighted by molar-refractivity contribution is 5.77. The monoisotopic (exact) mass is 417 g/mol. The van der Waals surface area contributed by atoms with E-state index < -0.39 is 6.04 Å². The summed E-state index contributed by atoms with van der Waals surface area (Å²) in [7, 11) is 3.51. The zero-order chi connectivity index (χ0) is 21.6. The summed E-state index contributed by atoms with van der Waals surface area (Å²) < 4.78 is 12.9. The van der Waals surface area contributed by atoms with Gasteiger partial charge in [-0.3, -0.25) is 4.79 Å². The number of carbonyl (C=O) groups excluding carboxylic acids is 1. The first-order valence-corrected chi connectivity index (χ1v) is 9.92. The van der Waals surface area contributed by atoms with Gasteiger partial charge in [0.15, 0.2) is 0 Å². The third-order valence-electron chi connectivity index (χ3n) is 4.90. The first-order chi connectivity index (χ1) is 15.1. The smallest absolute Gasteiger partial charge is 0.247 e. The van der Waals surface area contributed by atoms with Gasteiger partial charge in [-0.15, -0.1) is 10.2 Å². The number of aryl methyl sites for hydroxylation is 2. The summed E-state index contributed by atoms with van der Waals surface area (Å²) in [6.45, 7) is 0. The third-order valence-corrected chi connectivity index (χ3v) is 4.90. The molecule has 0 fully saturated rings. The number of imidazole rings is 1. The molecule has 2 aromatic heterocycles. The van der Waals surface area contributed by atoms with Crippen LogP contribution in [-0.2, 0) is 18.3 Å². The van der Waals surface area contributed by atoms with E-state index in [1.54, 1.807) is 13.3 Å². The van der Waals surface area contributed by atoms with Crippen LogP contribution in [0.1, 0.15) is 29.7 Å². The number of nitrogens with one attached hydrogen (secondary N) is 1. The van der Waals surface area contributed by atoms with Crippen LogP contribution in [0.15, 0.2) is 71.4 Å². The van der Waals surface area contributed by atoms with E-state index in [4.69, 9.17) is 9.15 Å². The molecule has 31 heavy (non-hydrogen) atoms. The second-order valence-corrected chi connectivity index (χ2v) is 7.04. The zero-order valence-electron chi connectivity index (χ0n) is 17.4. The molecular weight excluding hydrogens is 394 g/mol. The highest BCUT2D eigenvalue weighted by atomic mass is 16.5. The fraction of sp³-hybridized carbons (Fsp3) is 0.217. The first kappa shape index (κ1) is 20.3. The lowest BCUT2D eigenvalue weighted by atomic mass is 10.1. The third kappa shape index (κ3) is 4.80. The van der Waals surface area contributed by atoms with Crippen LogP contribution in [0.4, 0.5) is 0 Å². The number of nitrogens with zero attached hydrogens (tertiary/aromatic N) is 4. The van der Waals surface area contributed by atoms with Crippen molar-refractivity contribution in [1.82, 2.24) is 25.1 Å². The topological polar surface area (TPSA) is 95.1 Å². The molecule has 158 valence electrons. The van der Waals surface area contributed by atoms with Crippen LogP contribution in [0.3, 0.4) is 0 Å². The zero-order valence-corrected chi connectivity index (χ0v) is 17.4. The number of amides is 1. The standard InChI is InChI=1S/C23H23N5O3/c1-28-14-13-24-22(28)21(17-9-6-10-18(15-17)30-2)25-19(29)11-12-20-26-27-23(31-20)16-7-4-3-5-8-16/h3-10,13-15,21H,11-12H2,1-2H3,(H,25,29)/t21-/m0/s1. The summed E-state index contributed by atoms with van der Waals surface area (Å²) in [4.78, 5) is 17.2. The molecule has 1 N–H and O–H groups in total. The minimum absolute atomic E-state index is 0.143. The summed E-state index contributed by atoms with van der Waals surface area (Å²) in [6.07, 6.45) is 4.11. The Morgan fingerprint density at radius 3 is 2.74 bits per heavy atom. The molecule has 8 nitrogen and oxygen atoms in total. The van der Waals surface area contributed by atoms with E-state index in [-0.39, 0.29) is 12.3 Å². The molecule has 0 aliphatic rings. The number of rotatable bonds is 8. The average molecular weight is 417 g/mol. The van der Waals surface area contributed by atoms with Crippen molar-refractivity contribution in [1.29, 1.82) is 0 Å². The quantitative estimate of drug-likeness (QED) is 0.473. The summed E-state index contributed by atoms with van der Waals surface area (Å²) >= 11 is 0. The van der Waals surface area contributed by atoms with Crippen molar-refractivity contribution in [3.8, 4) is 17.2 Å². The molecule has 0 unspecified atom stereocenters. The van der Waals surface area contributed by atoms with Crippen molar-refractivity contribution in [2.24, 2.45) is 7.05 Å². The van der Waals surface area contributed by atoms with Gasteiger partial charge in [-0.25, -0.2) is 4.98 Å². The van der Waals surface area contributed by atoms with Gasteiger partial charge in [-0.05, 0) is 29.8 Å². The second kappa shape index (κ2) is 9.25. The Labute approximate surface area is 179 Å². The number of methoxy groups -OCH3 is 1. The fourth-order valence-corrected chi connectivity index (χ4v) is 3.28. The molecule has 1 amide bonds. The van der Waals surface area contributed by atoms with Gasteiger partial charge < -0.3 is 19.0 Å². The molecule has 0 saturated heterocycles. The fourth-order valence-electron chi connectivity index (χ4n) is 3.28. The number of hydrogen-bond acceptors (Lipinski definition) is 6. The van der Waals surface area contributed by atoms with E-state index in [2.05, 4.69) is 20.5 Å². The van der Waals surface area contributed by atoms with E-state index >= 15 is 0 Å². The van der Waals surface area contributed by atoms with E-state index in [0.29, 0.717) is 24.0 Å². The molecule has 0 radical (unpaired) electrons. The number of carbonyl (C=O) groups is 1. The molecule has 4 rings (SSSR count). The maximum absolute atomic E-state index is 12.8. The maximum atomic E-state index is 12.8. The minimum atomic E-state index is -0.412. The van der Waals surface area contributed by atoms with Crippen molar-refractivity contribution < 1.29 is 13.9 Å². The van der Waals surface area contributed by atoms with E-state index in [1.807, 2.05) is 72.4 Å². The molecule has 0 aliphatic carbocycles. The van der Waals surface area contributed by atoms with Crippen molar-refractivity contribution in [3.63, 3.8) is 0 Å². The Kier molecular flexibility index (Phi) is 6.07. The minimum Gasteiger partial charge on any atom is -0.497 e. The summed E-state index contributed by atoms with van der Waals surface area (Å²) in [6, 6.07) is 16.7. The lowest BCUT2D eigenvalue weighted by Crippen LogP contribution is -2.31. The van der Waals surface area contributed by atoms with Crippen LogP contribution < -0.4 is 10.1 Å². The van der Waals surface area contributed by atoms with Gasteiger partial charge in [-0.1, -0.05) is 30.3 Å². The van der Waals surface area contributed by atoms with Crippen LogP contribution in [-0.4, -0.2) is 32.8 Å². The summed E-state index contributed by atoms with van der Waals surface area (Å²) in [5.41, 5.74) is 1.73. The number of hydrogen-bond donors (Lipinski definition) is 1. The van der Waals surface area contributed by atoms with E-state index in [0.717, 1.165) is 17.0 Å². The summed E-state index contributed by atoms with van der Waals surface area (Å²) in [5.74, 6) is 2.16. The first-order valence-electron chi connectivity index (χ1n) is 9.92. The predicted octanol–water partition coefficient (Wildman–Crippen LogP) is 3.32. The largest absolute Gasteiger partial charge is 0.497 e. The highest BCUT2D eigenvalue weighted by Crippen LogP contribution is 2.24. The van der Waals surface area contributed by atoms with Crippen molar-refractivity contribution in [2.45, 2.75) is 18.9 Å². The molecule has 0 spiro atoms. The van der Waals surface area contributed by atoms with Gasteiger partial charge in [0.25, 0.3) is 0 Å². The Hall–Kier alpha value is -3.94. The van der Waals surface area contributed by atoms with Crippen LogP contribution in [0.2, 0.25) is 0 Å². The predicted molar refractivity (Wildman–Crippen MR) is 114 cm³/mol. The van der Waals surface area contributed by atoms with Crippen LogP contribution in [0, 0.1) is 0 Å². The van der Waals surface area contributed by atoms with Gasteiger partial charge in [0.1, 0.15) is 17.6 Å². The second-order valence-electron chi connectivity index (χ2n) is 7.04. The Morgan fingerprint density at radius 2 is 2.00 bits per heavy atom. The molecule has 0 bridgehead atoms. The van der Waals surface area contributed by atoms with Crippen LogP contribution in [0.5, 0.6) is 5.75 Å². The lowest BCUT2D eigenvalue weighted by molar-refractivity contribution is -0.121. The normalized spacial score (nSPS) is 11.8. The Balaban J connectivity index is 1.46. The van der Waals surface area contributed by atoms with Crippen molar-refractivity contribution >= 4 is 5.91 Å². The molecule has 1 atom stereocenters. The highest BCUT2D eigenvalue weighted by Gasteiger charge is 2.21. The molecule has 0 saturated carbocycles. The number of ether oxygens (including phenoxy) is 1. The molecule has 8 heteroatoms. The van der Waals surface area contributed by atoms with E-state index in [9.17, 15) is 4.79 Å². The molecule has 0 aliphatic heterocycles.